The van der Waals surface area contributed by atoms with Gasteiger partial charge in [-0.3, -0.25) is 14.4 Å². The van der Waals surface area contributed by atoms with Crippen LogP contribution in [0, 0.1) is 6.92 Å². The van der Waals surface area contributed by atoms with Crippen molar-refractivity contribution < 1.29 is 9.32 Å². The number of piperidine rings is 1. The highest BCUT2D eigenvalue weighted by Crippen LogP contribution is 2.29. The fourth-order valence-electron chi connectivity index (χ4n) is 3.38. The molecule has 0 aromatic carbocycles. The minimum absolute atomic E-state index is 0.102. The van der Waals surface area contributed by atoms with Gasteiger partial charge in [-0.25, -0.2) is 0 Å². The Hall–Kier alpha value is -2.35. The highest BCUT2D eigenvalue weighted by atomic mass is 16.5. The molecule has 1 amide bonds. The van der Waals surface area contributed by atoms with Crippen LogP contribution in [-0.2, 0) is 18.4 Å². The molecule has 8 heteroatoms. The summed E-state index contributed by atoms with van der Waals surface area (Å²) in [4.78, 5) is 16.9. The molecule has 3 heterocycles. The first-order valence-electron chi connectivity index (χ1n) is 8.52. The highest BCUT2D eigenvalue weighted by molar-refractivity contribution is 5.89. The van der Waals surface area contributed by atoms with Crippen molar-refractivity contribution in [1.82, 2.24) is 24.7 Å². The lowest BCUT2D eigenvalue weighted by Crippen LogP contribution is -2.58. The van der Waals surface area contributed by atoms with Gasteiger partial charge >= 0.3 is 0 Å². The number of nitrogens with zero attached hydrogens (tertiary/aromatic N) is 5. The van der Waals surface area contributed by atoms with Gasteiger partial charge in [0.25, 0.3) is 0 Å². The molecule has 1 fully saturated rings. The van der Waals surface area contributed by atoms with E-state index >= 15 is 0 Å². The number of aryl methyl sites for hydroxylation is 2. The van der Waals surface area contributed by atoms with Gasteiger partial charge < -0.3 is 14.7 Å². The number of likely N-dealkylation sites (N-methyl/N-ethyl adjacent to an activating group) is 1. The lowest BCUT2D eigenvalue weighted by atomic mass is 9.85. The largest absolute Gasteiger partial charge is 0.361 e. The summed E-state index contributed by atoms with van der Waals surface area (Å²) in [5.74, 6) is 1.78. The maximum Gasteiger partial charge on any atom is 0.247 e. The first kappa shape index (κ1) is 17.5. The van der Waals surface area contributed by atoms with Gasteiger partial charge in [0, 0.05) is 52.9 Å². The minimum Gasteiger partial charge on any atom is -0.361 e. The third-order valence-corrected chi connectivity index (χ3v) is 4.78. The Morgan fingerprint density at radius 2 is 2.12 bits per heavy atom. The van der Waals surface area contributed by atoms with E-state index in [9.17, 15) is 4.79 Å². The second-order valence-corrected chi connectivity index (χ2v) is 6.95. The number of anilines is 1. The first-order chi connectivity index (χ1) is 11.9. The first-order valence-corrected chi connectivity index (χ1v) is 8.52. The second kappa shape index (κ2) is 6.87. The third kappa shape index (κ3) is 3.68. The van der Waals surface area contributed by atoms with Gasteiger partial charge in [-0.1, -0.05) is 5.16 Å². The summed E-state index contributed by atoms with van der Waals surface area (Å²) < 4.78 is 6.90. The minimum atomic E-state index is -0.604. The van der Waals surface area contributed by atoms with Crippen molar-refractivity contribution in [1.29, 1.82) is 0 Å². The van der Waals surface area contributed by atoms with Crippen molar-refractivity contribution >= 4 is 11.7 Å². The van der Waals surface area contributed by atoms with Gasteiger partial charge in [0.15, 0.2) is 0 Å². The molecule has 25 heavy (non-hydrogen) atoms. The highest BCUT2D eigenvalue weighted by Gasteiger charge is 2.42. The van der Waals surface area contributed by atoms with Crippen molar-refractivity contribution in [3.63, 3.8) is 0 Å². The number of hydrogen-bond donors (Lipinski definition) is 1. The zero-order valence-electron chi connectivity index (χ0n) is 15.3. The lowest BCUT2D eigenvalue weighted by Gasteiger charge is -2.42. The van der Waals surface area contributed by atoms with Crippen molar-refractivity contribution in [3.8, 4) is 0 Å². The molecule has 136 valence electrons. The summed E-state index contributed by atoms with van der Waals surface area (Å²) in [5.41, 5.74) is 0.330. The van der Waals surface area contributed by atoms with E-state index in [1.807, 2.05) is 26.1 Å². The van der Waals surface area contributed by atoms with Gasteiger partial charge in [-0.15, -0.1) is 0 Å². The van der Waals surface area contributed by atoms with Crippen LogP contribution in [0.4, 0.5) is 5.82 Å². The van der Waals surface area contributed by atoms with Gasteiger partial charge in [0.1, 0.15) is 17.1 Å². The summed E-state index contributed by atoms with van der Waals surface area (Å²) in [7, 11) is 5.48. The van der Waals surface area contributed by atoms with Crippen LogP contribution in [0.25, 0.3) is 0 Å². The predicted molar refractivity (Wildman–Crippen MR) is 94.0 cm³/mol. The van der Waals surface area contributed by atoms with Gasteiger partial charge in [0.2, 0.25) is 5.91 Å². The van der Waals surface area contributed by atoms with E-state index in [4.69, 9.17) is 4.52 Å². The van der Waals surface area contributed by atoms with Crippen LogP contribution in [0.1, 0.15) is 24.3 Å². The third-order valence-electron chi connectivity index (χ3n) is 4.78. The summed E-state index contributed by atoms with van der Waals surface area (Å²) in [5, 5.41) is 11.7. The Kier molecular flexibility index (Phi) is 4.80. The SMILES string of the molecule is Cc1cc(CN2CCC(Nc3ccnn3C)(C(=O)N(C)C)CC2)no1. The van der Waals surface area contributed by atoms with E-state index in [0.717, 1.165) is 49.7 Å². The summed E-state index contributed by atoms with van der Waals surface area (Å²) in [6.07, 6.45) is 3.19. The van der Waals surface area contributed by atoms with Crippen LogP contribution in [0.3, 0.4) is 0 Å². The molecule has 0 aliphatic carbocycles. The van der Waals surface area contributed by atoms with Crippen LogP contribution in [0.15, 0.2) is 22.9 Å². The van der Waals surface area contributed by atoms with Crippen molar-refractivity contribution in [2.75, 3.05) is 32.5 Å². The Bertz CT molecular complexity index is 727. The Balaban J connectivity index is 1.72. The predicted octanol–water partition coefficient (Wildman–Crippen LogP) is 1.25. The van der Waals surface area contributed by atoms with Crippen molar-refractivity contribution in [3.05, 3.63) is 29.8 Å². The van der Waals surface area contributed by atoms with Crippen LogP contribution >= 0.6 is 0 Å². The number of carbonyl (C=O) groups is 1. The molecule has 0 radical (unpaired) electrons. The van der Waals surface area contributed by atoms with Gasteiger partial charge in [0.05, 0.1) is 11.9 Å². The topological polar surface area (TPSA) is 79.4 Å². The molecule has 2 aromatic heterocycles. The number of amides is 1. The molecular formula is C17H26N6O2. The molecule has 1 aliphatic rings. The van der Waals surface area contributed by atoms with Gasteiger partial charge in [-0.2, -0.15) is 5.10 Å². The molecule has 0 spiro atoms. The van der Waals surface area contributed by atoms with E-state index in [0.29, 0.717) is 0 Å². The van der Waals surface area contributed by atoms with Crippen LogP contribution in [0.5, 0.6) is 0 Å². The van der Waals surface area contributed by atoms with Crippen molar-refractivity contribution in [2.24, 2.45) is 7.05 Å². The van der Waals surface area contributed by atoms with Crippen LogP contribution in [0.2, 0.25) is 0 Å². The number of nitrogens with one attached hydrogen (secondary N) is 1. The lowest BCUT2D eigenvalue weighted by molar-refractivity contribution is -0.135. The molecule has 2 aromatic rings. The number of aromatic nitrogens is 3. The second-order valence-electron chi connectivity index (χ2n) is 6.95. The summed E-state index contributed by atoms with van der Waals surface area (Å²) >= 11 is 0. The number of carbonyl (C=O) groups excluding carboxylic acids is 1. The van der Waals surface area contributed by atoms with Gasteiger partial charge in [-0.05, 0) is 19.8 Å². The molecule has 0 unspecified atom stereocenters. The van der Waals surface area contributed by atoms with E-state index in [1.165, 1.54) is 0 Å². The van der Waals surface area contributed by atoms with E-state index in [-0.39, 0.29) is 5.91 Å². The summed E-state index contributed by atoms with van der Waals surface area (Å²) in [6.45, 7) is 4.27. The summed E-state index contributed by atoms with van der Waals surface area (Å²) in [6, 6.07) is 3.86. The van der Waals surface area contributed by atoms with E-state index in [2.05, 4.69) is 20.5 Å². The molecule has 1 aliphatic heterocycles. The zero-order chi connectivity index (χ0) is 18.0. The Labute approximate surface area is 147 Å². The fourth-order valence-corrected chi connectivity index (χ4v) is 3.38. The molecule has 3 rings (SSSR count). The molecular weight excluding hydrogens is 320 g/mol. The number of likely N-dealkylation sites (tertiary alicyclic amines) is 1. The standard InChI is InChI=1S/C17H26N6O2/c1-13-11-14(20-25-13)12-23-9-6-17(7-10-23,16(24)21(2)3)19-15-5-8-18-22(15)4/h5,8,11,19H,6-7,9-10,12H2,1-4H3. The number of hydrogen-bond acceptors (Lipinski definition) is 6. The fraction of sp³-hybridized carbons (Fsp3) is 0.588. The van der Waals surface area contributed by atoms with Crippen LogP contribution in [-0.4, -0.2) is 63.4 Å². The molecule has 1 N–H and O–H groups in total. The average molecular weight is 346 g/mol. The zero-order valence-corrected chi connectivity index (χ0v) is 15.3. The normalized spacial score (nSPS) is 17.4. The molecule has 1 saturated heterocycles. The average Bonchev–Trinajstić information content (AvgIpc) is 3.17. The van der Waals surface area contributed by atoms with E-state index in [1.54, 1.807) is 29.9 Å². The van der Waals surface area contributed by atoms with Crippen molar-refractivity contribution in [2.45, 2.75) is 31.8 Å². The maximum atomic E-state index is 12.9. The molecule has 0 saturated carbocycles. The molecule has 0 bridgehead atoms. The Morgan fingerprint density at radius 3 is 2.64 bits per heavy atom. The smallest absolute Gasteiger partial charge is 0.247 e. The molecule has 0 atom stereocenters. The quantitative estimate of drug-likeness (QED) is 0.878. The Morgan fingerprint density at radius 1 is 1.40 bits per heavy atom. The van der Waals surface area contributed by atoms with E-state index < -0.39 is 5.54 Å². The maximum absolute atomic E-state index is 12.9. The molecule has 8 nitrogen and oxygen atoms in total. The monoisotopic (exact) mass is 346 g/mol. The number of rotatable bonds is 5. The van der Waals surface area contributed by atoms with Crippen LogP contribution < -0.4 is 5.32 Å².